The fourth-order valence-electron chi connectivity index (χ4n) is 0.805. The van der Waals surface area contributed by atoms with Gasteiger partial charge in [-0.05, 0) is 11.6 Å². The minimum atomic E-state index is -1.02. The minimum Gasteiger partial charge on any atom is -0.302 e. The number of halogens is 2. The Morgan fingerprint density at radius 1 is 1.55 bits per heavy atom. The van der Waals surface area contributed by atoms with Crippen molar-refractivity contribution in [3.8, 4) is 0 Å². The molecule has 58 valence electrons. The molecule has 0 aromatic rings. The van der Waals surface area contributed by atoms with E-state index in [0.717, 1.165) is 6.08 Å². The quantitative estimate of drug-likeness (QED) is 0.531. The second kappa shape index (κ2) is 2.78. The van der Waals surface area contributed by atoms with E-state index in [1.165, 1.54) is 6.08 Å². The van der Waals surface area contributed by atoms with Crippen LogP contribution in [0.25, 0.3) is 0 Å². The molecule has 0 aromatic carbocycles. The van der Waals surface area contributed by atoms with Crippen LogP contribution in [0.15, 0.2) is 36.0 Å². The van der Waals surface area contributed by atoms with Gasteiger partial charge in [0.1, 0.15) is 6.29 Å². The third kappa shape index (κ3) is 1.27. The largest absolute Gasteiger partial charge is 0.302 e. The SMILES string of the molecule is C=C1C(F)=C(F)C=CC1C=O. The number of aldehydes is 1. The van der Waals surface area contributed by atoms with Gasteiger partial charge in [-0.25, -0.2) is 8.78 Å². The second-order valence-electron chi connectivity index (χ2n) is 2.21. The van der Waals surface area contributed by atoms with Gasteiger partial charge in [0.25, 0.3) is 0 Å². The molecular weight excluding hydrogens is 150 g/mol. The Morgan fingerprint density at radius 3 is 2.73 bits per heavy atom. The summed E-state index contributed by atoms with van der Waals surface area (Å²) in [5, 5.41) is 0. The first-order valence-corrected chi connectivity index (χ1v) is 3.04. The van der Waals surface area contributed by atoms with Crippen LogP contribution >= 0.6 is 0 Å². The fraction of sp³-hybridized carbons (Fsp3) is 0.125. The van der Waals surface area contributed by atoms with E-state index in [-0.39, 0.29) is 5.57 Å². The molecule has 1 atom stereocenters. The molecule has 0 saturated heterocycles. The minimum absolute atomic E-state index is 0.111. The summed E-state index contributed by atoms with van der Waals surface area (Å²) < 4.78 is 25.0. The molecule has 1 aliphatic rings. The second-order valence-corrected chi connectivity index (χ2v) is 2.21. The number of carbonyl (C=O) groups is 1. The van der Waals surface area contributed by atoms with Crippen molar-refractivity contribution in [2.24, 2.45) is 5.92 Å². The number of carbonyl (C=O) groups excluding carboxylic acids is 1. The van der Waals surface area contributed by atoms with Crippen molar-refractivity contribution in [1.29, 1.82) is 0 Å². The molecule has 1 aliphatic carbocycles. The number of hydrogen-bond acceptors (Lipinski definition) is 1. The lowest BCUT2D eigenvalue weighted by atomic mass is 9.96. The van der Waals surface area contributed by atoms with Gasteiger partial charge >= 0.3 is 0 Å². The molecule has 1 unspecified atom stereocenters. The zero-order chi connectivity index (χ0) is 8.43. The maximum Gasteiger partial charge on any atom is 0.162 e. The Morgan fingerprint density at radius 2 is 2.18 bits per heavy atom. The van der Waals surface area contributed by atoms with Gasteiger partial charge in [0.05, 0.1) is 5.92 Å². The van der Waals surface area contributed by atoms with Crippen LogP contribution in [0, 0.1) is 5.92 Å². The van der Waals surface area contributed by atoms with E-state index in [1.807, 2.05) is 0 Å². The van der Waals surface area contributed by atoms with Crippen LogP contribution in [0.4, 0.5) is 8.78 Å². The van der Waals surface area contributed by atoms with Gasteiger partial charge < -0.3 is 4.79 Å². The first-order valence-electron chi connectivity index (χ1n) is 3.04. The molecule has 3 heteroatoms. The van der Waals surface area contributed by atoms with E-state index in [4.69, 9.17) is 0 Å². The van der Waals surface area contributed by atoms with Crippen LogP contribution in [0.1, 0.15) is 0 Å². The Hall–Kier alpha value is -1.25. The third-order valence-corrected chi connectivity index (χ3v) is 1.49. The Labute approximate surface area is 62.7 Å². The topological polar surface area (TPSA) is 17.1 Å². The molecule has 0 saturated carbocycles. The molecule has 0 aromatic heterocycles. The summed E-state index contributed by atoms with van der Waals surface area (Å²) in [5.74, 6) is -2.70. The van der Waals surface area contributed by atoms with Crippen molar-refractivity contribution >= 4 is 6.29 Å². The lowest BCUT2D eigenvalue weighted by molar-refractivity contribution is -0.109. The average molecular weight is 156 g/mol. The molecule has 1 rings (SSSR count). The standard InChI is InChI=1S/C8H6F2O/c1-5-6(4-11)2-3-7(9)8(5)10/h2-4,6H,1H2. The number of allylic oxidation sites excluding steroid dienone is 5. The fourth-order valence-corrected chi connectivity index (χ4v) is 0.805. The molecule has 0 heterocycles. The summed E-state index contributed by atoms with van der Waals surface area (Å²) in [4.78, 5) is 10.2. The summed E-state index contributed by atoms with van der Waals surface area (Å²) in [7, 11) is 0. The van der Waals surface area contributed by atoms with E-state index in [9.17, 15) is 13.6 Å². The molecule has 0 N–H and O–H groups in total. The normalized spacial score (nSPS) is 24.2. The molecule has 0 radical (unpaired) electrons. The Balaban J connectivity index is 3.00. The predicted molar refractivity (Wildman–Crippen MR) is 37.1 cm³/mol. The third-order valence-electron chi connectivity index (χ3n) is 1.49. The maximum absolute atomic E-state index is 12.6. The van der Waals surface area contributed by atoms with Crippen LogP contribution in [0.5, 0.6) is 0 Å². The van der Waals surface area contributed by atoms with Gasteiger partial charge in [-0.15, -0.1) is 0 Å². The summed E-state index contributed by atoms with van der Waals surface area (Å²) in [5.41, 5.74) is -0.111. The number of hydrogen-bond donors (Lipinski definition) is 0. The van der Waals surface area contributed by atoms with Gasteiger partial charge in [0, 0.05) is 0 Å². The zero-order valence-electron chi connectivity index (χ0n) is 5.68. The average Bonchev–Trinajstić information content (AvgIpc) is 2.01. The van der Waals surface area contributed by atoms with Crippen molar-refractivity contribution in [3.05, 3.63) is 36.0 Å². The van der Waals surface area contributed by atoms with Crippen molar-refractivity contribution in [2.45, 2.75) is 0 Å². The van der Waals surface area contributed by atoms with Gasteiger partial charge in [-0.2, -0.15) is 0 Å². The van der Waals surface area contributed by atoms with Gasteiger partial charge in [0.15, 0.2) is 11.7 Å². The van der Waals surface area contributed by atoms with Crippen molar-refractivity contribution in [1.82, 2.24) is 0 Å². The molecule has 0 aliphatic heterocycles. The summed E-state index contributed by atoms with van der Waals surface area (Å²) >= 11 is 0. The predicted octanol–water partition coefficient (Wildman–Crippen LogP) is 2.08. The van der Waals surface area contributed by atoms with Crippen molar-refractivity contribution < 1.29 is 13.6 Å². The van der Waals surface area contributed by atoms with Crippen LogP contribution in [-0.4, -0.2) is 6.29 Å². The highest BCUT2D eigenvalue weighted by atomic mass is 19.2. The van der Waals surface area contributed by atoms with E-state index in [2.05, 4.69) is 6.58 Å². The highest BCUT2D eigenvalue weighted by Crippen LogP contribution is 2.28. The van der Waals surface area contributed by atoms with Crippen LogP contribution in [0.3, 0.4) is 0 Å². The summed E-state index contributed by atoms with van der Waals surface area (Å²) in [6.45, 7) is 3.24. The smallest absolute Gasteiger partial charge is 0.162 e. The zero-order valence-corrected chi connectivity index (χ0v) is 5.68. The van der Waals surface area contributed by atoms with Gasteiger partial charge in [-0.3, -0.25) is 0 Å². The summed E-state index contributed by atoms with van der Waals surface area (Å²) in [6.07, 6.45) is 2.72. The Bertz CT molecular complexity index is 263. The van der Waals surface area contributed by atoms with E-state index >= 15 is 0 Å². The Kier molecular flexibility index (Phi) is 1.98. The molecule has 1 nitrogen and oxygen atoms in total. The molecule has 0 fully saturated rings. The lowest BCUT2D eigenvalue weighted by Crippen LogP contribution is -2.06. The van der Waals surface area contributed by atoms with E-state index in [0.29, 0.717) is 6.29 Å². The number of rotatable bonds is 1. The van der Waals surface area contributed by atoms with E-state index in [1.54, 1.807) is 0 Å². The van der Waals surface area contributed by atoms with Crippen LogP contribution in [-0.2, 0) is 4.79 Å². The maximum atomic E-state index is 12.6. The molecule has 0 amide bonds. The molecule has 0 bridgehead atoms. The highest BCUT2D eigenvalue weighted by Gasteiger charge is 2.19. The highest BCUT2D eigenvalue weighted by molar-refractivity contribution is 5.66. The molecular formula is C8H6F2O. The lowest BCUT2D eigenvalue weighted by Gasteiger charge is -2.11. The van der Waals surface area contributed by atoms with Crippen molar-refractivity contribution in [3.63, 3.8) is 0 Å². The molecule has 0 spiro atoms. The van der Waals surface area contributed by atoms with Crippen LogP contribution in [0.2, 0.25) is 0 Å². The summed E-state index contributed by atoms with van der Waals surface area (Å²) in [6, 6.07) is 0. The van der Waals surface area contributed by atoms with Crippen LogP contribution < -0.4 is 0 Å². The first-order chi connectivity index (χ1) is 5.16. The monoisotopic (exact) mass is 156 g/mol. The van der Waals surface area contributed by atoms with E-state index < -0.39 is 17.6 Å². The van der Waals surface area contributed by atoms with Gasteiger partial charge in [-0.1, -0.05) is 12.7 Å². The van der Waals surface area contributed by atoms with Crippen molar-refractivity contribution in [2.75, 3.05) is 0 Å². The molecule has 11 heavy (non-hydrogen) atoms. The van der Waals surface area contributed by atoms with Gasteiger partial charge in [0.2, 0.25) is 0 Å². The first kappa shape index (κ1) is 7.85.